The summed E-state index contributed by atoms with van der Waals surface area (Å²) in [6.45, 7) is 4.02. The van der Waals surface area contributed by atoms with Crippen molar-refractivity contribution in [3.8, 4) is 11.6 Å². The van der Waals surface area contributed by atoms with Gasteiger partial charge in [-0.3, -0.25) is 14.6 Å². The van der Waals surface area contributed by atoms with Crippen LogP contribution in [-0.2, 0) is 4.79 Å². The van der Waals surface area contributed by atoms with Gasteiger partial charge in [0.05, 0.1) is 17.6 Å². The van der Waals surface area contributed by atoms with Crippen molar-refractivity contribution in [2.45, 2.75) is 58.8 Å². The highest BCUT2D eigenvalue weighted by atomic mass is 19.1. The number of aromatic nitrogens is 6. The van der Waals surface area contributed by atoms with Crippen LogP contribution in [0.1, 0.15) is 57.6 Å². The zero-order chi connectivity index (χ0) is 25.2. The molecule has 0 radical (unpaired) electrons. The summed E-state index contributed by atoms with van der Waals surface area (Å²) in [4.78, 5) is 33.3. The number of unbranched alkanes of at least 4 members (excludes halogenated alkanes) is 1. The van der Waals surface area contributed by atoms with Crippen molar-refractivity contribution in [1.29, 1.82) is 0 Å². The van der Waals surface area contributed by atoms with E-state index in [0.717, 1.165) is 25.7 Å². The fourth-order valence-electron chi connectivity index (χ4n) is 4.96. The number of hydrogen-bond donors (Lipinski definition) is 2. The van der Waals surface area contributed by atoms with Gasteiger partial charge in [0.15, 0.2) is 5.65 Å². The second-order valence-electron chi connectivity index (χ2n) is 9.59. The molecule has 9 nitrogen and oxygen atoms in total. The first-order valence-corrected chi connectivity index (χ1v) is 12.5. The van der Waals surface area contributed by atoms with Crippen LogP contribution in [0.5, 0.6) is 0 Å². The van der Waals surface area contributed by atoms with Crippen LogP contribution in [0.2, 0.25) is 0 Å². The maximum atomic E-state index is 13.4. The van der Waals surface area contributed by atoms with Crippen molar-refractivity contribution in [3.05, 3.63) is 58.4 Å². The number of nitrogens with one attached hydrogen (secondary N) is 2. The fraction of sp³-hybridized carbons (Fsp3) is 0.423. The van der Waals surface area contributed by atoms with E-state index in [2.05, 4.69) is 32.4 Å². The molecule has 3 aromatic heterocycles. The highest BCUT2D eigenvalue weighted by Gasteiger charge is 2.27. The van der Waals surface area contributed by atoms with Crippen molar-refractivity contribution in [1.82, 2.24) is 29.5 Å². The molecule has 1 aromatic carbocycles. The molecule has 188 valence electrons. The van der Waals surface area contributed by atoms with Crippen molar-refractivity contribution < 1.29 is 9.18 Å². The number of nitrogens with zero attached hydrogens (tertiary/aromatic N) is 5. The van der Waals surface area contributed by atoms with Crippen molar-refractivity contribution in [2.75, 3.05) is 5.32 Å². The Morgan fingerprint density at radius 3 is 2.64 bits per heavy atom. The van der Waals surface area contributed by atoms with E-state index >= 15 is 0 Å². The minimum absolute atomic E-state index is 0.0372. The molecule has 1 amide bonds. The standard InChI is InChI=1S/C26H30FN7O2/c1-3-4-5-17-6-8-18(9-7-17)24(35)29-22-14-16(2)32-34(22)26-30-23-21(25(36)31-26)15-28-33(23)20-12-10-19(27)11-13-20/h10-15,17-18H,3-9H2,1-2H3,(H,29,35)(H,30,31,36). The average Bonchev–Trinajstić information content (AvgIpc) is 3.47. The highest BCUT2D eigenvalue weighted by Crippen LogP contribution is 2.32. The van der Waals surface area contributed by atoms with E-state index in [0.29, 0.717) is 28.8 Å². The Labute approximate surface area is 207 Å². The van der Waals surface area contributed by atoms with Gasteiger partial charge < -0.3 is 5.32 Å². The van der Waals surface area contributed by atoms with Gasteiger partial charge in [-0.1, -0.05) is 26.2 Å². The predicted molar refractivity (Wildman–Crippen MR) is 135 cm³/mol. The molecule has 0 spiro atoms. The van der Waals surface area contributed by atoms with E-state index in [4.69, 9.17) is 0 Å². The smallest absolute Gasteiger partial charge is 0.263 e. The highest BCUT2D eigenvalue weighted by molar-refractivity contribution is 5.92. The van der Waals surface area contributed by atoms with Crippen LogP contribution < -0.4 is 10.9 Å². The summed E-state index contributed by atoms with van der Waals surface area (Å²) >= 11 is 0. The minimum atomic E-state index is -0.390. The number of carbonyl (C=O) groups excluding carboxylic acids is 1. The predicted octanol–water partition coefficient (Wildman–Crippen LogP) is 4.68. The molecule has 4 aromatic rings. The molecule has 0 saturated heterocycles. The minimum Gasteiger partial charge on any atom is -0.310 e. The molecular weight excluding hydrogens is 461 g/mol. The molecule has 10 heteroatoms. The zero-order valence-corrected chi connectivity index (χ0v) is 20.5. The molecule has 0 unspecified atom stereocenters. The number of amides is 1. The molecule has 0 bridgehead atoms. The SMILES string of the molecule is CCCCC1CCC(C(=O)Nc2cc(C)nn2-c2nc3c(cnn3-c3ccc(F)cc3)c(=O)[nH]2)CC1. The van der Waals surface area contributed by atoms with Gasteiger partial charge in [-0.25, -0.2) is 9.07 Å². The number of halogens is 1. The fourth-order valence-corrected chi connectivity index (χ4v) is 4.96. The largest absolute Gasteiger partial charge is 0.310 e. The van der Waals surface area contributed by atoms with Crippen LogP contribution in [0, 0.1) is 24.6 Å². The third-order valence-corrected chi connectivity index (χ3v) is 6.96. The zero-order valence-electron chi connectivity index (χ0n) is 20.5. The second kappa shape index (κ2) is 10.0. The number of aromatic amines is 1. The Balaban J connectivity index is 1.41. The van der Waals surface area contributed by atoms with E-state index in [1.54, 1.807) is 18.2 Å². The molecule has 0 aliphatic heterocycles. The van der Waals surface area contributed by atoms with Crippen LogP contribution in [0.4, 0.5) is 10.2 Å². The van der Waals surface area contributed by atoms with Crippen LogP contribution in [0.3, 0.4) is 0 Å². The van der Waals surface area contributed by atoms with Gasteiger partial charge in [0.1, 0.15) is 17.0 Å². The van der Waals surface area contributed by atoms with Gasteiger partial charge in [-0.2, -0.15) is 19.9 Å². The number of carbonyl (C=O) groups is 1. The Kier molecular flexibility index (Phi) is 6.67. The maximum Gasteiger partial charge on any atom is 0.263 e. The van der Waals surface area contributed by atoms with Gasteiger partial charge in [-0.05, 0) is 62.8 Å². The summed E-state index contributed by atoms with van der Waals surface area (Å²) in [5.74, 6) is 0.868. The van der Waals surface area contributed by atoms with Gasteiger partial charge in [-0.15, -0.1) is 0 Å². The van der Waals surface area contributed by atoms with Gasteiger partial charge in [0.2, 0.25) is 11.9 Å². The van der Waals surface area contributed by atoms with E-state index in [1.165, 1.54) is 47.0 Å². The summed E-state index contributed by atoms with van der Waals surface area (Å²) in [6, 6.07) is 7.51. The van der Waals surface area contributed by atoms with Crippen LogP contribution in [0.15, 0.2) is 41.3 Å². The number of H-pyrrole nitrogens is 1. The summed E-state index contributed by atoms with van der Waals surface area (Å²) in [6.07, 6.45) is 9.03. The molecular formula is C26H30FN7O2. The molecule has 1 fully saturated rings. The normalized spacial score (nSPS) is 18.0. The van der Waals surface area contributed by atoms with Gasteiger partial charge in [0.25, 0.3) is 5.56 Å². The summed E-state index contributed by atoms with van der Waals surface area (Å²) in [5.41, 5.74) is 1.15. The lowest BCUT2D eigenvalue weighted by atomic mass is 9.79. The van der Waals surface area contributed by atoms with Crippen LogP contribution in [-0.4, -0.2) is 35.4 Å². The van der Waals surface area contributed by atoms with E-state index in [1.807, 2.05) is 6.92 Å². The Bertz CT molecular complexity index is 1430. The Morgan fingerprint density at radius 1 is 1.17 bits per heavy atom. The molecule has 3 heterocycles. The number of fused-ring (bicyclic) bond motifs is 1. The molecule has 5 rings (SSSR count). The van der Waals surface area contributed by atoms with Crippen molar-refractivity contribution in [3.63, 3.8) is 0 Å². The average molecular weight is 492 g/mol. The van der Waals surface area contributed by atoms with E-state index in [-0.39, 0.29) is 34.5 Å². The van der Waals surface area contributed by atoms with Crippen molar-refractivity contribution >= 4 is 22.8 Å². The number of hydrogen-bond acceptors (Lipinski definition) is 5. The molecule has 2 N–H and O–H groups in total. The van der Waals surface area contributed by atoms with Crippen molar-refractivity contribution in [2.24, 2.45) is 11.8 Å². The Morgan fingerprint density at radius 2 is 1.92 bits per heavy atom. The topological polar surface area (TPSA) is 110 Å². The molecule has 1 saturated carbocycles. The molecule has 1 aliphatic carbocycles. The number of aryl methyl sites for hydroxylation is 1. The number of benzene rings is 1. The number of rotatable bonds is 7. The molecule has 0 atom stereocenters. The molecule has 36 heavy (non-hydrogen) atoms. The quantitative estimate of drug-likeness (QED) is 0.390. The molecule has 1 aliphatic rings. The first-order valence-electron chi connectivity index (χ1n) is 12.5. The van der Waals surface area contributed by atoms with Gasteiger partial charge >= 0.3 is 0 Å². The second-order valence-corrected chi connectivity index (χ2v) is 9.59. The third kappa shape index (κ3) is 4.80. The van der Waals surface area contributed by atoms with Gasteiger partial charge in [0, 0.05) is 12.0 Å². The van der Waals surface area contributed by atoms with Crippen LogP contribution in [0.25, 0.3) is 22.7 Å². The monoisotopic (exact) mass is 491 g/mol. The maximum absolute atomic E-state index is 13.4. The summed E-state index contributed by atoms with van der Waals surface area (Å²) in [7, 11) is 0. The first kappa shape index (κ1) is 23.9. The van der Waals surface area contributed by atoms with E-state index < -0.39 is 0 Å². The lowest BCUT2D eigenvalue weighted by Gasteiger charge is -2.27. The van der Waals surface area contributed by atoms with Crippen LogP contribution >= 0.6 is 0 Å². The Hall–Kier alpha value is -3.82. The first-order chi connectivity index (χ1) is 17.4. The lowest BCUT2D eigenvalue weighted by Crippen LogP contribution is -2.28. The number of anilines is 1. The van der Waals surface area contributed by atoms with E-state index in [9.17, 15) is 14.0 Å². The third-order valence-electron chi connectivity index (χ3n) is 6.96. The lowest BCUT2D eigenvalue weighted by molar-refractivity contribution is -0.121. The summed E-state index contributed by atoms with van der Waals surface area (Å²) < 4.78 is 16.3. The summed E-state index contributed by atoms with van der Waals surface area (Å²) in [5, 5.41) is 12.0.